The maximum absolute atomic E-state index is 5.42. The summed E-state index contributed by atoms with van der Waals surface area (Å²) in [6.45, 7) is 8.16. The zero-order chi connectivity index (χ0) is 20.5. The van der Waals surface area contributed by atoms with E-state index in [-0.39, 0.29) is 0 Å². The summed E-state index contributed by atoms with van der Waals surface area (Å²) in [7, 11) is 8.80. The first-order valence-electron chi connectivity index (χ1n) is 9.68. The highest BCUT2D eigenvalue weighted by molar-refractivity contribution is 5.79. The molecule has 1 aromatic rings. The standard InChI is InChI=1S/C20H35N5O3/c1-15(25-9-7-24(3)8-10-25)13-22-20(21-2)23-14-16-11-17(26-4)19(28-6)18(12-16)27-5/h11-12,15H,7-10,13-14H2,1-6H3,(H2,21,22,23). The van der Waals surface area contributed by atoms with Crippen LogP contribution >= 0.6 is 0 Å². The number of aliphatic imine (C=N–C) groups is 1. The van der Waals surface area contributed by atoms with E-state index in [0.29, 0.717) is 29.8 Å². The van der Waals surface area contributed by atoms with Crippen LogP contribution in [0.2, 0.25) is 0 Å². The van der Waals surface area contributed by atoms with Crippen molar-refractivity contribution in [2.45, 2.75) is 19.5 Å². The van der Waals surface area contributed by atoms with Crippen LogP contribution in [0, 0.1) is 0 Å². The largest absolute Gasteiger partial charge is 0.493 e. The Labute approximate surface area is 168 Å². The van der Waals surface area contributed by atoms with E-state index in [2.05, 4.69) is 39.4 Å². The predicted molar refractivity (Wildman–Crippen MR) is 113 cm³/mol. The lowest BCUT2D eigenvalue weighted by Gasteiger charge is -2.36. The minimum Gasteiger partial charge on any atom is -0.493 e. The van der Waals surface area contributed by atoms with Crippen molar-refractivity contribution in [3.8, 4) is 17.2 Å². The molecule has 0 bridgehead atoms. The first kappa shape index (κ1) is 22.1. The van der Waals surface area contributed by atoms with Gasteiger partial charge in [0.25, 0.3) is 0 Å². The fourth-order valence-electron chi connectivity index (χ4n) is 3.28. The lowest BCUT2D eigenvalue weighted by molar-refractivity contribution is 0.120. The molecule has 2 rings (SSSR count). The molecule has 1 heterocycles. The van der Waals surface area contributed by atoms with E-state index in [1.807, 2.05) is 12.1 Å². The van der Waals surface area contributed by atoms with Crippen molar-refractivity contribution < 1.29 is 14.2 Å². The summed E-state index contributed by atoms with van der Waals surface area (Å²) in [5, 5.41) is 6.78. The number of methoxy groups -OCH3 is 3. The fraction of sp³-hybridized carbons (Fsp3) is 0.650. The molecule has 1 aromatic carbocycles. The molecule has 0 amide bonds. The highest BCUT2D eigenvalue weighted by Gasteiger charge is 2.19. The van der Waals surface area contributed by atoms with E-state index in [9.17, 15) is 0 Å². The molecular weight excluding hydrogens is 358 g/mol. The Bertz CT molecular complexity index is 620. The molecular formula is C20H35N5O3. The lowest BCUT2D eigenvalue weighted by Crippen LogP contribution is -2.52. The molecule has 0 radical (unpaired) electrons. The molecule has 0 aliphatic carbocycles. The Morgan fingerprint density at radius 3 is 2.14 bits per heavy atom. The van der Waals surface area contributed by atoms with Crippen LogP contribution < -0.4 is 24.8 Å². The molecule has 0 saturated carbocycles. The maximum Gasteiger partial charge on any atom is 0.203 e. The van der Waals surface area contributed by atoms with E-state index in [1.165, 1.54) is 0 Å². The van der Waals surface area contributed by atoms with Gasteiger partial charge in [-0.3, -0.25) is 9.89 Å². The second kappa shape index (κ2) is 11.0. The van der Waals surface area contributed by atoms with Gasteiger partial charge in [0.2, 0.25) is 5.75 Å². The van der Waals surface area contributed by atoms with Crippen LogP contribution in [0.4, 0.5) is 0 Å². The molecule has 2 N–H and O–H groups in total. The van der Waals surface area contributed by atoms with E-state index in [0.717, 1.165) is 44.2 Å². The number of piperazine rings is 1. The monoisotopic (exact) mass is 393 g/mol. The van der Waals surface area contributed by atoms with Gasteiger partial charge in [0.05, 0.1) is 21.3 Å². The Morgan fingerprint density at radius 1 is 1.04 bits per heavy atom. The number of benzene rings is 1. The SMILES string of the molecule is CN=C(NCc1cc(OC)c(OC)c(OC)c1)NCC(C)N1CCN(C)CC1. The van der Waals surface area contributed by atoms with Crippen LogP contribution in [0.15, 0.2) is 17.1 Å². The second-order valence-electron chi connectivity index (χ2n) is 7.03. The highest BCUT2D eigenvalue weighted by atomic mass is 16.5. The van der Waals surface area contributed by atoms with Gasteiger partial charge < -0.3 is 29.7 Å². The molecule has 158 valence electrons. The Hall–Kier alpha value is -2.19. The molecule has 28 heavy (non-hydrogen) atoms. The smallest absolute Gasteiger partial charge is 0.203 e. The Balaban J connectivity index is 1.90. The first-order valence-corrected chi connectivity index (χ1v) is 9.68. The van der Waals surface area contributed by atoms with Crippen molar-refractivity contribution in [1.82, 2.24) is 20.4 Å². The van der Waals surface area contributed by atoms with E-state index in [1.54, 1.807) is 28.4 Å². The number of nitrogens with zero attached hydrogens (tertiary/aromatic N) is 3. The first-order chi connectivity index (χ1) is 13.5. The van der Waals surface area contributed by atoms with Gasteiger partial charge in [-0.1, -0.05) is 0 Å². The lowest BCUT2D eigenvalue weighted by atomic mass is 10.2. The highest BCUT2D eigenvalue weighted by Crippen LogP contribution is 2.38. The van der Waals surface area contributed by atoms with Gasteiger partial charge in [-0.05, 0) is 31.7 Å². The normalized spacial score (nSPS) is 17.1. The molecule has 1 aliphatic heterocycles. The summed E-state index contributed by atoms with van der Waals surface area (Å²) in [6, 6.07) is 4.33. The number of rotatable bonds is 8. The molecule has 1 unspecified atom stereocenters. The fourth-order valence-corrected chi connectivity index (χ4v) is 3.28. The molecule has 1 fully saturated rings. The zero-order valence-corrected chi connectivity index (χ0v) is 18.0. The topological polar surface area (TPSA) is 70.6 Å². The quantitative estimate of drug-likeness (QED) is 0.505. The van der Waals surface area contributed by atoms with Crippen molar-refractivity contribution in [2.24, 2.45) is 4.99 Å². The summed E-state index contributed by atoms with van der Waals surface area (Å²) >= 11 is 0. The molecule has 1 aliphatic rings. The molecule has 1 saturated heterocycles. The van der Waals surface area contributed by atoms with Crippen molar-refractivity contribution in [3.05, 3.63) is 17.7 Å². The van der Waals surface area contributed by atoms with Crippen LogP contribution in [0.5, 0.6) is 17.2 Å². The zero-order valence-electron chi connectivity index (χ0n) is 18.0. The molecule has 1 atom stereocenters. The number of guanidine groups is 1. The summed E-state index contributed by atoms with van der Waals surface area (Å²) in [6.07, 6.45) is 0. The summed E-state index contributed by atoms with van der Waals surface area (Å²) in [4.78, 5) is 9.21. The van der Waals surface area contributed by atoms with Crippen LogP contribution in [0.25, 0.3) is 0 Å². The van der Waals surface area contributed by atoms with Crippen LogP contribution in [0.3, 0.4) is 0 Å². The third kappa shape index (κ3) is 5.90. The molecule has 8 heteroatoms. The summed E-state index contributed by atoms with van der Waals surface area (Å²) < 4.78 is 16.2. The van der Waals surface area contributed by atoms with Gasteiger partial charge in [0.1, 0.15) is 0 Å². The van der Waals surface area contributed by atoms with E-state index < -0.39 is 0 Å². The third-order valence-electron chi connectivity index (χ3n) is 5.13. The number of nitrogens with one attached hydrogen (secondary N) is 2. The minimum atomic E-state index is 0.452. The number of likely N-dealkylation sites (N-methyl/N-ethyl adjacent to an activating group) is 1. The number of ether oxygens (including phenoxy) is 3. The van der Waals surface area contributed by atoms with Crippen LogP contribution in [-0.4, -0.2) is 89.9 Å². The average molecular weight is 394 g/mol. The second-order valence-corrected chi connectivity index (χ2v) is 7.03. The minimum absolute atomic E-state index is 0.452. The number of hydrogen-bond donors (Lipinski definition) is 2. The van der Waals surface area contributed by atoms with Crippen molar-refractivity contribution in [2.75, 3.05) is 68.1 Å². The average Bonchev–Trinajstić information content (AvgIpc) is 2.73. The Kier molecular flexibility index (Phi) is 8.66. The van der Waals surface area contributed by atoms with E-state index in [4.69, 9.17) is 14.2 Å². The maximum atomic E-state index is 5.42. The van der Waals surface area contributed by atoms with Crippen LogP contribution in [-0.2, 0) is 6.54 Å². The molecule has 0 spiro atoms. The predicted octanol–water partition coefficient (Wildman–Crippen LogP) is 1.01. The van der Waals surface area contributed by atoms with Crippen molar-refractivity contribution >= 4 is 5.96 Å². The van der Waals surface area contributed by atoms with Gasteiger partial charge in [-0.25, -0.2) is 0 Å². The molecule has 8 nitrogen and oxygen atoms in total. The van der Waals surface area contributed by atoms with Gasteiger partial charge in [-0.2, -0.15) is 0 Å². The summed E-state index contributed by atoms with van der Waals surface area (Å²) in [5.74, 6) is 2.66. The van der Waals surface area contributed by atoms with Crippen LogP contribution in [0.1, 0.15) is 12.5 Å². The van der Waals surface area contributed by atoms with E-state index >= 15 is 0 Å². The van der Waals surface area contributed by atoms with Gasteiger partial charge >= 0.3 is 0 Å². The summed E-state index contributed by atoms with van der Waals surface area (Å²) in [5.41, 5.74) is 1.02. The van der Waals surface area contributed by atoms with Gasteiger partial charge in [-0.15, -0.1) is 0 Å². The van der Waals surface area contributed by atoms with Gasteiger partial charge in [0.15, 0.2) is 17.5 Å². The number of hydrogen-bond acceptors (Lipinski definition) is 6. The van der Waals surface area contributed by atoms with Crippen molar-refractivity contribution in [3.63, 3.8) is 0 Å². The van der Waals surface area contributed by atoms with Gasteiger partial charge in [0, 0.05) is 52.4 Å². The Morgan fingerprint density at radius 2 is 1.64 bits per heavy atom. The third-order valence-corrected chi connectivity index (χ3v) is 5.13. The van der Waals surface area contributed by atoms with Crippen molar-refractivity contribution in [1.29, 1.82) is 0 Å². The molecule has 0 aromatic heterocycles.